The van der Waals surface area contributed by atoms with Crippen molar-refractivity contribution in [2.75, 3.05) is 0 Å². The van der Waals surface area contributed by atoms with E-state index in [-0.39, 0.29) is 0 Å². The van der Waals surface area contributed by atoms with Crippen LogP contribution in [0.2, 0.25) is 0 Å². The lowest BCUT2D eigenvalue weighted by atomic mass is 9.49. The lowest BCUT2D eigenvalue weighted by molar-refractivity contribution is 0.00372. The molecule has 2 bridgehead atoms. The summed E-state index contributed by atoms with van der Waals surface area (Å²) in [4.78, 5) is 0. The molecule has 3 aliphatic rings. The largest absolute Gasteiger partial charge is 0.328 e. The molecule has 0 radical (unpaired) electrons. The lowest BCUT2D eigenvalue weighted by Crippen LogP contribution is -2.49. The molecule has 0 amide bonds. The first-order valence-electron chi connectivity index (χ1n) is 5.73. The van der Waals surface area contributed by atoms with Gasteiger partial charge in [0.1, 0.15) is 0 Å². The quantitative estimate of drug-likeness (QED) is 0.667. The fraction of sp³-hybridized carbons (Fsp3) is 0.692. The summed E-state index contributed by atoms with van der Waals surface area (Å²) in [7, 11) is 0. The first-order chi connectivity index (χ1) is 6.72. The molecule has 1 nitrogen and oxygen atoms in total. The number of hydrogen-bond acceptors (Lipinski definition) is 1. The van der Waals surface area contributed by atoms with Crippen molar-refractivity contribution in [2.45, 2.75) is 38.1 Å². The second-order valence-corrected chi connectivity index (χ2v) is 5.05. The molecule has 0 spiro atoms. The van der Waals surface area contributed by atoms with Crippen molar-refractivity contribution in [3.8, 4) is 0 Å². The molecule has 0 aromatic rings. The summed E-state index contributed by atoms with van der Waals surface area (Å²) < 4.78 is 0. The van der Waals surface area contributed by atoms with Crippen LogP contribution in [-0.4, -0.2) is 6.04 Å². The van der Waals surface area contributed by atoms with Crippen molar-refractivity contribution in [1.82, 2.24) is 0 Å². The molecule has 78 valence electrons. The van der Waals surface area contributed by atoms with Crippen molar-refractivity contribution < 1.29 is 0 Å². The summed E-state index contributed by atoms with van der Waals surface area (Å²) in [5, 5.41) is 0. The molecule has 0 aliphatic heterocycles. The Labute approximate surface area is 87.1 Å². The smallest absolute Gasteiger partial charge is 0.00416 e. The molecular weight excluding hydrogens is 170 g/mol. The van der Waals surface area contributed by atoms with E-state index in [2.05, 4.69) is 25.3 Å². The Hall–Kier alpha value is -0.560. The van der Waals surface area contributed by atoms with Crippen molar-refractivity contribution in [3.63, 3.8) is 0 Å². The Balaban J connectivity index is 2.15. The first-order valence-corrected chi connectivity index (χ1v) is 5.73. The zero-order valence-corrected chi connectivity index (χ0v) is 8.91. The van der Waals surface area contributed by atoms with Gasteiger partial charge in [-0.1, -0.05) is 18.6 Å². The van der Waals surface area contributed by atoms with Gasteiger partial charge in [-0.05, 0) is 42.9 Å². The van der Waals surface area contributed by atoms with Gasteiger partial charge >= 0.3 is 0 Å². The van der Waals surface area contributed by atoms with Gasteiger partial charge in [0.05, 0.1) is 0 Å². The van der Waals surface area contributed by atoms with Gasteiger partial charge in [-0.2, -0.15) is 0 Å². The van der Waals surface area contributed by atoms with Crippen molar-refractivity contribution in [2.24, 2.45) is 23.0 Å². The molecular formula is C13H21N. The van der Waals surface area contributed by atoms with Crippen LogP contribution in [0.1, 0.15) is 32.1 Å². The van der Waals surface area contributed by atoms with Crippen LogP contribution in [0.3, 0.4) is 0 Å². The summed E-state index contributed by atoms with van der Waals surface area (Å²) in [6.45, 7) is 7.97. The maximum absolute atomic E-state index is 6.06. The number of hydrogen-bond donors (Lipinski definition) is 1. The summed E-state index contributed by atoms with van der Waals surface area (Å²) in [5.41, 5.74) is 6.44. The predicted octanol–water partition coefficient (Wildman–Crippen LogP) is 2.88. The van der Waals surface area contributed by atoms with E-state index in [1.807, 2.05) is 0 Å². The van der Waals surface area contributed by atoms with E-state index in [9.17, 15) is 0 Å². The third-order valence-electron chi connectivity index (χ3n) is 4.30. The maximum atomic E-state index is 6.06. The minimum Gasteiger partial charge on any atom is -0.328 e. The molecule has 3 saturated carbocycles. The van der Waals surface area contributed by atoms with Crippen LogP contribution in [-0.2, 0) is 0 Å². The first kappa shape index (κ1) is 9.97. The fourth-order valence-electron chi connectivity index (χ4n) is 3.51. The third kappa shape index (κ3) is 1.35. The van der Waals surface area contributed by atoms with Crippen LogP contribution in [0.15, 0.2) is 25.3 Å². The lowest BCUT2D eigenvalue weighted by Gasteiger charge is -2.55. The van der Waals surface area contributed by atoms with E-state index in [0.717, 1.165) is 5.92 Å². The van der Waals surface area contributed by atoms with E-state index < -0.39 is 0 Å². The van der Waals surface area contributed by atoms with E-state index in [4.69, 9.17) is 5.73 Å². The van der Waals surface area contributed by atoms with E-state index in [0.29, 0.717) is 17.4 Å². The maximum Gasteiger partial charge on any atom is 0.00416 e. The average Bonchev–Trinajstić information content (AvgIpc) is 2.10. The summed E-state index contributed by atoms with van der Waals surface area (Å²) in [6, 6.07) is 0.422. The molecule has 1 unspecified atom stereocenters. The van der Waals surface area contributed by atoms with E-state index in [1.165, 1.54) is 32.1 Å². The third-order valence-corrected chi connectivity index (χ3v) is 4.30. The molecule has 1 heteroatoms. The van der Waals surface area contributed by atoms with E-state index >= 15 is 0 Å². The molecule has 0 aromatic heterocycles. The van der Waals surface area contributed by atoms with Gasteiger partial charge < -0.3 is 5.73 Å². The van der Waals surface area contributed by atoms with Crippen molar-refractivity contribution in [1.29, 1.82) is 0 Å². The number of nitrogens with two attached hydrogens (primary N) is 1. The van der Waals surface area contributed by atoms with Gasteiger partial charge in [-0.3, -0.25) is 0 Å². The van der Waals surface area contributed by atoms with Gasteiger partial charge in [0.15, 0.2) is 0 Å². The molecule has 0 aromatic carbocycles. The Morgan fingerprint density at radius 1 is 1.36 bits per heavy atom. The normalized spacial score (nSPS) is 47.1. The highest BCUT2D eigenvalue weighted by Gasteiger charge is 2.50. The summed E-state index contributed by atoms with van der Waals surface area (Å²) >= 11 is 0. The molecule has 3 aliphatic carbocycles. The van der Waals surface area contributed by atoms with Crippen molar-refractivity contribution in [3.05, 3.63) is 25.3 Å². The molecule has 14 heavy (non-hydrogen) atoms. The molecule has 4 atom stereocenters. The fourth-order valence-corrected chi connectivity index (χ4v) is 3.51. The van der Waals surface area contributed by atoms with Crippen LogP contribution < -0.4 is 5.73 Å². The van der Waals surface area contributed by atoms with Crippen molar-refractivity contribution >= 4 is 0 Å². The van der Waals surface area contributed by atoms with Gasteiger partial charge in [0, 0.05) is 6.04 Å². The zero-order valence-electron chi connectivity index (χ0n) is 8.91. The second-order valence-electron chi connectivity index (χ2n) is 5.05. The van der Waals surface area contributed by atoms with Crippen LogP contribution in [0, 0.1) is 17.3 Å². The Morgan fingerprint density at radius 3 is 2.79 bits per heavy atom. The monoisotopic (exact) mass is 191 g/mol. The van der Waals surface area contributed by atoms with Crippen LogP contribution in [0.5, 0.6) is 0 Å². The molecule has 0 saturated heterocycles. The highest BCUT2D eigenvalue weighted by molar-refractivity contribution is 5.16. The van der Waals surface area contributed by atoms with Crippen LogP contribution in [0.25, 0.3) is 0 Å². The number of fused-ring (bicyclic) bond motifs is 4. The molecule has 0 heterocycles. The van der Waals surface area contributed by atoms with Gasteiger partial charge in [0.2, 0.25) is 0 Å². The standard InChI is InChI=1S/C13H21N/c1-3-12-10-8-11(14)6-5-7-13(12,4-2)9-10/h3-4,10-12H,1-2,5-9,14H2/t10-,11-,12?,13-/m0/s1. The number of rotatable bonds is 2. The number of allylic oxidation sites excluding steroid dienone is 2. The Bertz CT molecular complexity index is 242. The molecule has 3 fully saturated rings. The molecule has 3 rings (SSSR count). The average molecular weight is 191 g/mol. The van der Waals surface area contributed by atoms with Gasteiger partial charge in [-0.15, -0.1) is 13.2 Å². The SMILES string of the molecule is C=CC1[C@H]2C[C@@H](N)CCC[C@@]1(C=C)C2. The minimum absolute atomic E-state index is 0.382. The van der Waals surface area contributed by atoms with Crippen LogP contribution >= 0.6 is 0 Å². The van der Waals surface area contributed by atoms with E-state index in [1.54, 1.807) is 0 Å². The zero-order chi connectivity index (χ0) is 10.2. The van der Waals surface area contributed by atoms with Crippen LogP contribution in [0.4, 0.5) is 0 Å². The van der Waals surface area contributed by atoms with Gasteiger partial charge in [-0.25, -0.2) is 0 Å². The topological polar surface area (TPSA) is 26.0 Å². The Kier molecular flexibility index (Phi) is 2.52. The minimum atomic E-state index is 0.382. The van der Waals surface area contributed by atoms with Gasteiger partial charge in [0.25, 0.3) is 0 Å². The Morgan fingerprint density at radius 2 is 2.14 bits per heavy atom. The molecule has 2 N–H and O–H groups in total. The summed E-state index contributed by atoms with van der Waals surface area (Å²) in [6.07, 6.45) is 10.5. The summed E-state index contributed by atoms with van der Waals surface area (Å²) in [5.74, 6) is 1.42. The predicted molar refractivity (Wildman–Crippen MR) is 60.9 cm³/mol. The highest BCUT2D eigenvalue weighted by Crippen LogP contribution is 2.58. The highest BCUT2D eigenvalue weighted by atomic mass is 14.7. The second kappa shape index (κ2) is 3.54.